The van der Waals surface area contributed by atoms with Crippen LogP contribution in [0.1, 0.15) is 40.2 Å². The Morgan fingerprint density at radius 3 is 2.14 bits per heavy atom. The summed E-state index contributed by atoms with van der Waals surface area (Å²) in [6.07, 6.45) is -2.62. The maximum Gasteiger partial charge on any atom is 0.407 e. The van der Waals surface area contributed by atoms with Crippen molar-refractivity contribution < 1.29 is 32.5 Å². The second-order valence-electron chi connectivity index (χ2n) is 9.99. The van der Waals surface area contributed by atoms with E-state index in [1.54, 1.807) is 45.0 Å². The van der Waals surface area contributed by atoms with E-state index in [1.165, 1.54) is 31.4 Å². The van der Waals surface area contributed by atoms with Crippen molar-refractivity contribution in [1.82, 2.24) is 5.32 Å². The van der Waals surface area contributed by atoms with Crippen LogP contribution in [0.4, 0.5) is 4.79 Å². The number of benzene rings is 2. The van der Waals surface area contributed by atoms with Gasteiger partial charge in [-0.15, -0.1) is 0 Å². The first-order valence-electron chi connectivity index (χ1n) is 11.7. The third kappa shape index (κ3) is 7.67. The zero-order chi connectivity index (χ0) is 27.1. The van der Waals surface area contributed by atoms with Crippen molar-refractivity contribution >= 4 is 15.9 Å². The summed E-state index contributed by atoms with van der Waals surface area (Å²) < 4.78 is 43.8. The topological polar surface area (TPSA) is 137 Å². The number of carbonyl (C=O) groups is 1. The predicted octanol–water partition coefficient (Wildman–Crippen LogP) is 3.25. The molecular weight excluding hydrogens is 484 g/mol. The highest BCUT2D eigenvalue weighted by molar-refractivity contribution is 7.92. The lowest BCUT2D eigenvalue weighted by Gasteiger charge is -2.38. The van der Waals surface area contributed by atoms with Gasteiger partial charge in [0.1, 0.15) is 17.5 Å². The van der Waals surface area contributed by atoms with E-state index >= 15 is 0 Å². The number of hydrogen-bond acceptors (Lipinski definition) is 8. The summed E-state index contributed by atoms with van der Waals surface area (Å²) in [7, 11) is -3.01. The van der Waals surface area contributed by atoms with Crippen LogP contribution < -0.4 is 15.8 Å². The number of alkyl carbamates (subject to hydrolysis) is 1. The average Bonchev–Trinajstić information content (AvgIpc) is 2.81. The normalized spacial score (nSPS) is 15.6. The fourth-order valence-electron chi connectivity index (χ4n) is 3.41. The van der Waals surface area contributed by atoms with Crippen molar-refractivity contribution in [1.29, 1.82) is 0 Å². The minimum Gasteiger partial charge on any atom is -0.497 e. The van der Waals surface area contributed by atoms with Crippen molar-refractivity contribution in [3.05, 3.63) is 60.2 Å². The van der Waals surface area contributed by atoms with Gasteiger partial charge in [0.25, 0.3) is 5.06 Å². The number of nitrogens with two attached hydrogens (primary N) is 1. The molecular formula is C26H38N2O7S. The number of nitrogens with one attached hydrogen (secondary N) is 1. The molecule has 0 saturated carbocycles. The number of sulfone groups is 1. The van der Waals surface area contributed by atoms with Crippen LogP contribution in [0.3, 0.4) is 0 Å². The van der Waals surface area contributed by atoms with Gasteiger partial charge in [-0.2, -0.15) is 0 Å². The van der Waals surface area contributed by atoms with Crippen LogP contribution in [0, 0.1) is 5.92 Å². The zero-order valence-electron chi connectivity index (χ0n) is 21.7. The van der Waals surface area contributed by atoms with Crippen molar-refractivity contribution in [3.8, 4) is 5.75 Å². The monoisotopic (exact) mass is 522 g/mol. The van der Waals surface area contributed by atoms with E-state index in [1.807, 2.05) is 19.9 Å². The summed E-state index contributed by atoms with van der Waals surface area (Å²) in [4.78, 5) is 12.5. The van der Waals surface area contributed by atoms with E-state index in [0.29, 0.717) is 5.75 Å². The van der Waals surface area contributed by atoms with E-state index in [4.69, 9.17) is 19.9 Å². The maximum atomic E-state index is 13.8. The largest absolute Gasteiger partial charge is 0.497 e. The Bertz CT molecular complexity index is 1080. The predicted molar refractivity (Wildman–Crippen MR) is 137 cm³/mol. The van der Waals surface area contributed by atoms with E-state index in [9.17, 15) is 18.3 Å². The fourth-order valence-corrected chi connectivity index (χ4v) is 4.98. The van der Waals surface area contributed by atoms with Gasteiger partial charge in [-0.1, -0.05) is 44.2 Å². The first-order valence-corrected chi connectivity index (χ1v) is 13.2. The molecule has 36 heavy (non-hydrogen) atoms. The molecule has 0 aliphatic carbocycles. The van der Waals surface area contributed by atoms with Crippen LogP contribution in [-0.4, -0.2) is 56.1 Å². The summed E-state index contributed by atoms with van der Waals surface area (Å²) in [5.41, 5.74) is 6.38. The van der Waals surface area contributed by atoms with Gasteiger partial charge in [-0.25, -0.2) is 13.2 Å². The van der Waals surface area contributed by atoms with Crippen LogP contribution in [0.5, 0.6) is 5.75 Å². The van der Waals surface area contributed by atoms with Crippen molar-refractivity contribution in [2.24, 2.45) is 11.7 Å². The van der Waals surface area contributed by atoms with Crippen LogP contribution in [0.15, 0.2) is 59.5 Å². The van der Waals surface area contributed by atoms with Crippen LogP contribution in [0.25, 0.3) is 0 Å². The van der Waals surface area contributed by atoms with E-state index in [-0.39, 0.29) is 23.8 Å². The molecule has 0 aliphatic heterocycles. The number of ether oxygens (including phenoxy) is 3. The van der Waals surface area contributed by atoms with Gasteiger partial charge in [0, 0.05) is 0 Å². The minimum absolute atomic E-state index is 0.0482. The van der Waals surface area contributed by atoms with Gasteiger partial charge in [0.05, 0.1) is 24.7 Å². The molecule has 0 fully saturated rings. The molecule has 2 aromatic rings. The molecule has 200 valence electrons. The molecule has 0 aromatic heterocycles. The highest BCUT2D eigenvalue weighted by Crippen LogP contribution is 2.30. The molecule has 3 unspecified atom stereocenters. The Balaban J connectivity index is 2.53. The van der Waals surface area contributed by atoms with Crippen LogP contribution >= 0.6 is 0 Å². The number of aliphatic hydroxyl groups is 1. The van der Waals surface area contributed by atoms with E-state index in [2.05, 4.69) is 5.32 Å². The number of methoxy groups -OCH3 is 1. The van der Waals surface area contributed by atoms with Gasteiger partial charge >= 0.3 is 6.09 Å². The van der Waals surface area contributed by atoms with Gasteiger partial charge in [0.15, 0.2) is 0 Å². The molecule has 4 N–H and O–H groups in total. The molecule has 0 saturated heterocycles. The molecule has 2 aromatic carbocycles. The highest BCUT2D eigenvalue weighted by atomic mass is 32.2. The number of hydrogen-bond donors (Lipinski definition) is 3. The molecule has 0 radical (unpaired) electrons. The second-order valence-corrected chi connectivity index (χ2v) is 12.1. The van der Waals surface area contributed by atoms with E-state index < -0.39 is 38.7 Å². The molecule has 2 rings (SSSR count). The van der Waals surface area contributed by atoms with Crippen LogP contribution in [-0.2, 0) is 25.7 Å². The Labute approximate surface area is 213 Å². The third-order valence-corrected chi connectivity index (χ3v) is 7.32. The first-order chi connectivity index (χ1) is 16.7. The molecule has 0 spiro atoms. The summed E-state index contributed by atoms with van der Waals surface area (Å²) in [5.74, 6) is 0.367. The SMILES string of the molecule is COc1ccc(S(=O)(=O)C(N)(OCC(C)C)C(O)C(Cc2ccccc2)NC(=O)OC(C)(C)C)cc1. The lowest BCUT2D eigenvalue weighted by molar-refractivity contribution is -0.0858. The van der Waals surface area contributed by atoms with Crippen LogP contribution in [0.2, 0.25) is 0 Å². The average molecular weight is 523 g/mol. The second kappa shape index (κ2) is 12.1. The van der Waals surface area contributed by atoms with Gasteiger partial charge in [-0.05, 0) is 62.9 Å². The Morgan fingerprint density at radius 2 is 1.64 bits per heavy atom. The summed E-state index contributed by atoms with van der Waals surface area (Å²) in [5, 5.41) is 11.5. The summed E-state index contributed by atoms with van der Waals surface area (Å²) >= 11 is 0. The molecule has 3 atom stereocenters. The third-order valence-electron chi connectivity index (χ3n) is 5.23. The van der Waals surface area contributed by atoms with E-state index in [0.717, 1.165) is 5.56 Å². The van der Waals surface area contributed by atoms with Crippen molar-refractivity contribution in [2.45, 2.75) is 68.7 Å². The van der Waals surface area contributed by atoms with Gasteiger partial charge in [0.2, 0.25) is 9.84 Å². The lowest BCUT2D eigenvalue weighted by Crippen LogP contribution is -2.66. The minimum atomic E-state index is -4.47. The number of rotatable bonds is 11. The van der Waals surface area contributed by atoms with Gasteiger partial charge < -0.3 is 24.6 Å². The Morgan fingerprint density at radius 1 is 1.06 bits per heavy atom. The molecule has 9 nitrogen and oxygen atoms in total. The molecule has 0 bridgehead atoms. The fraction of sp³-hybridized carbons (Fsp3) is 0.500. The Hall–Kier alpha value is -2.66. The molecule has 1 amide bonds. The summed E-state index contributed by atoms with van der Waals surface area (Å²) in [6, 6.07) is 13.4. The Kier molecular flexibility index (Phi) is 9.90. The lowest BCUT2D eigenvalue weighted by atomic mass is 10.00. The highest BCUT2D eigenvalue weighted by Gasteiger charge is 2.52. The van der Waals surface area contributed by atoms with Crippen molar-refractivity contribution in [2.75, 3.05) is 13.7 Å². The number of carbonyl (C=O) groups excluding carboxylic acids is 1. The molecule has 10 heteroatoms. The number of aliphatic hydroxyl groups excluding tert-OH is 1. The quantitative estimate of drug-likeness (QED) is 0.383. The molecule has 0 heterocycles. The maximum absolute atomic E-state index is 13.8. The molecule has 0 aliphatic rings. The standard InChI is InChI=1S/C26H38N2O7S/c1-18(2)17-34-26(27,36(31,32)21-14-12-20(33-6)13-15-21)23(29)22(16-19-10-8-7-9-11-19)28-24(30)35-25(3,4)5/h7-15,18,22-23,29H,16-17,27H2,1-6H3,(H,28,30). The van der Waals surface area contributed by atoms with Gasteiger partial charge in [-0.3, -0.25) is 5.73 Å². The smallest absolute Gasteiger partial charge is 0.407 e. The van der Waals surface area contributed by atoms with Crippen molar-refractivity contribution in [3.63, 3.8) is 0 Å². The zero-order valence-corrected chi connectivity index (χ0v) is 22.5. The first kappa shape index (κ1) is 29.6. The summed E-state index contributed by atoms with van der Waals surface area (Å²) in [6.45, 7) is 8.70. The number of amides is 1.